The Bertz CT molecular complexity index is 1210. The highest BCUT2D eigenvalue weighted by atomic mass is 32.1. The molecule has 2 N–H and O–H groups in total. The lowest BCUT2D eigenvalue weighted by Crippen LogP contribution is -2.33. The minimum absolute atomic E-state index is 0.0508. The lowest BCUT2D eigenvalue weighted by molar-refractivity contribution is -0.121. The van der Waals surface area contributed by atoms with Crippen LogP contribution in [0.2, 0.25) is 0 Å². The number of aromatic nitrogens is 3. The van der Waals surface area contributed by atoms with Gasteiger partial charge in [-0.3, -0.25) is 9.59 Å². The Morgan fingerprint density at radius 1 is 1.12 bits per heavy atom. The normalized spacial score (nSPS) is 12.0. The molecule has 34 heavy (non-hydrogen) atoms. The first-order valence-corrected chi connectivity index (χ1v) is 12.3. The van der Waals surface area contributed by atoms with Gasteiger partial charge in [-0.05, 0) is 42.7 Å². The third-order valence-electron chi connectivity index (χ3n) is 5.27. The molecule has 0 saturated heterocycles. The SMILES string of the molecule is C=C/C=c1\c(=C/C)ccn1CCNC(=O)CCCCc1nnc(NC(=O)Cc2ccccc2)s1. The molecular formula is C26H31N5O2S. The molecule has 1 aromatic carbocycles. The van der Waals surface area contributed by atoms with Crippen LogP contribution in [0.15, 0.2) is 55.3 Å². The summed E-state index contributed by atoms with van der Waals surface area (Å²) in [5.41, 5.74) is 0.955. The van der Waals surface area contributed by atoms with Gasteiger partial charge in [-0.1, -0.05) is 60.4 Å². The molecule has 0 atom stereocenters. The van der Waals surface area contributed by atoms with Gasteiger partial charge in [0.2, 0.25) is 16.9 Å². The number of hydrogen-bond donors (Lipinski definition) is 2. The molecule has 2 aromatic heterocycles. The van der Waals surface area contributed by atoms with Gasteiger partial charge in [0.25, 0.3) is 0 Å². The maximum Gasteiger partial charge on any atom is 0.230 e. The van der Waals surface area contributed by atoms with Crippen molar-refractivity contribution in [2.75, 3.05) is 11.9 Å². The topological polar surface area (TPSA) is 88.9 Å². The van der Waals surface area contributed by atoms with Gasteiger partial charge < -0.3 is 15.2 Å². The van der Waals surface area contributed by atoms with Crippen molar-refractivity contribution in [2.45, 2.75) is 45.6 Å². The minimum Gasteiger partial charge on any atom is -0.354 e. The van der Waals surface area contributed by atoms with E-state index in [0.29, 0.717) is 31.1 Å². The van der Waals surface area contributed by atoms with E-state index in [1.165, 1.54) is 11.3 Å². The molecule has 0 unspecified atom stereocenters. The van der Waals surface area contributed by atoms with E-state index in [4.69, 9.17) is 0 Å². The maximum atomic E-state index is 12.2. The summed E-state index contributed by atoms with van der Waals surface area (Å²) < 4.78 is 2.11. The molecule has 7 nitrogen and oxygen atoms in total. The van der Waals surface area contributed by atoms with Gasteiger partial charge >= 0.3 is 0 Å². The third-order valence-corrected chi connectivity index (χ3v) is 6.16. The molecule has 0 aliphatic heterocycles. The van der Waals surface area contributed by atoms with Crippen LogP contribution in [0.25, 0.3) is 12.2 Å². The number of aryl methyl sites for hydroxylation is 1. The van der Waals surface area contributed by atoms with Crippen molar-refractivity contribution in [3.8, 4) is 0 Å². The average molecular weight is 478 g/mol. The second-order valence-electron chi connectivity index (χ2n) is 7.81. The van der Waals surface area contributed by atoms with Crippen LogP contribution in [0.3, 0.4) is 0 Å². The largest absolute Gasteiger partial charge is 0.354 e. The number of amides is 2. The molecule has 0 spiro atoms. The molecule has 2 heterocycles. The summed E-state index contributed by atoms with van der Waals surface area (Å²) in [6.07, 6.45) is 11.0. The number of anilines is 1. The van der Waals surface area contributed by atoms with Crippen molar-refractivity contribution in [2.24, 2.45) is 0 Å². The number of hydrogen-bond acceptors (Lipinski definition) is 5. The lowest BCUT2D eigenvalue weighted by atomic mass is 10.1. The smallest absolute Gasteiger partial charge is 0.230 e. The van der Waals surface area contributed by atoms with Gasteiger partial charge in [0.1, 0.15) is 5.01 Å². The van der Waals surface area contributed by atoms with Crippen molar-refractivity contribution in [1.82, 2.24) is 20.1 Å². The summed E-state index contributed by atoms with van der Waals surface area (Å²) in [6.45, 7) is 7.07. The minimum atomic E-state index is -0.107. The fourth-order valence-corrected chi connectivity index (χ4v) is 4.36. The van der Waals surface area contributed by atoms with Gasteiger partial charge in [-0.15, -0.1) is 10.2 Å². The highest BCUT2D eigenvalue weighted by molar-refractivity contribution is 7.15. The van der Waals surface area contributed by atoms with E-state index in [-0.39, 0.29) is 11.8 Å². The predicted molar refractivity (Wildman–Crippen MR) is 138 cm³/mol. The Kier molecular flexibility index (Phi) is 9.79. The first-order valence-electron chi connectivity index (χ1n) is 11.5. The fourth-order valence-electron chi connectivity index (χ4n) is 3.56. The molecule has 8 heteroatoms. The second-order valence-corrected chi connectivity index (χ2v) is 8.87. The Balaban J connectivity index is 1.33. The van der Waals surface area contributed by atoms with Crippen LogP contribution in [0.1, 0.15) is 36.8 Å². The highest BCUT2D eigenvalue weighted by Gasteiger charge is 2.09. The summed E-state index contributed by atoms with van der Waals surface area (Å²) in [5, 5.41) is 17.6. The van der Waals surface area contributed by atoms with Gasteiger partial charge in [0, 0.05) is 37.5 Å². The van der Waals surface area contributed by atoms with Crippen LogP contribution in [-0.2, 0) is 29.0 Å². The van der Waals surface area contributed by atoms with E-state index in [2.05, 4.69) is 44.1 Å². The van der Waals surface area contributed by atoms with Crippen LogP contribution in [-0.4, -0.2) is 33.1 Å². The Morgan fingerprint density at radius 2 is 1.94 bits per heavy atom. The molecule has 0 saturated carbocycles. The summed E-state index contributed by atoms with van der Waals surface area (Å²) >= 11 is 1.38. The quantitative estimate of drug-likeness (QED) is 0.393. The first kappa shape index (κ1) is 25.1. The van der Waals surface area contributed by atoms with Crippen LogP contribution in [0.4, 0.5) is 5.13 Å². The first-order chi connectivity index (χ1) is 16.6. The maximum absolute atomic E-state index is 12.2. The number of rotatable bonds is 12. The van der Waals surface area contributed by atoms with Crippen LogP contribution < -0.4 is 21.2 Å². The number of benzene rings is 1. The molecule has 3 aromatic rings. The summed E-state index contributed by atoms with van der Waals surface area (Å²) in [5.74, 6) is -0.0566. The summed E-state index contributed by atoms with van der Waals surface area (Å²) in [7, 11) is 0. The second kappa shape index (κ2) is 13.3. The summed E-state index contributed by atoms with van der Waals surface area (Å²) in [6, 6.07) is 11.6. The van der Waals surface area contributed by atoms with E-state index < -0.39 is 0 Å². The predicted octanol–water partition coefficient (Wildman–Crippen LogP) is 2.82. The highest BCUT2D eigenvalue weighted by Crippen LogP contribution is 2.18. The molecule has 0 fully saturated rings. The van der Waals surface area contributed by atoms with E-state index >= 15 is 0 Å². The number of allylic oxidation sites excluding steroid dienone is 1. The molecule has 0 bridgehead atoms. The fraction of sp³-hybridized carbons (Fsp3) is 0.308. The Labute approximate surface area is 203 Å². The van der Waals surface area contributed by atoms with Crippen molar-refractivity contribution < 1.29 is 9.59 Å². The van der Waals surface area contributed by atoms with Gasteiger partial charge in [-0.2, -0.15) is 0 Å². The van der Waals surface area contributed by atoms with Crippen LogP contribution >= 0.6 is 11.3 Å². The van der Waals surface area contributed by atoms with Crippen molar-refractivity contribution in [3.63, 3.8) is 0 Å². The van der Waals surface area contributed by atoms with E-state index in [0.717, 1.165) is 40.4 Å². The van der Waals surface area contributed by atoms with Gasteiger partial charge in [0.15, 0.2) is 0 Å². The molecule has 178 valence electrons. The molecule has 0 aliphatic carbocycles. The number of nitrogens with zero attached hydrogens (tertiary/aromatic N) is 3. The third kappa shape index (κ3) is 7.81. The number of unbranched alkanes of at least 4 members (excludes halogenated alkanes) is 1. The standard InChI is InChI=1S/C26H31N5O2S/c1-3-10-22-21(4-2)15-17-31(22)18-16-27-23(32)13-8-9-14-25-29-30-26(34-25)28-24(33)19-20-11-6-5-7-12-20/h3-7,10-12,15,17H,1,8-9,13-14,16,18-19H2,2H3,(H,27,32)(H,28,30,33)/b21-4-,22-10+. The molecule has 2 amide bonds. The van der Waals surface area contributed by atoms with Crippen LogP contribution in [0, 0.1) is 0 Å². The van der Waals surface area contributed by atoms with Crippen LogP contribution in [0.5, 0.6) is 0 Å². The zero-order valence-electron chi connectivity index (χ0n) is 19.5. The van der Waals surface area contributed by atoms with E-state index in [1.54, 1.807) is 6.08 Å². The van der Waals surface area contributed by atoms with Crippen molar-refractivity contribution >= 4 is 40.4 Å². The molecular weight excluding hydrogens is 446 g/mol. The monoisotopic (exact) mass is 477 g/mol. The lowest BCUT2D eigenvalue weighted by Gasteiger charge is -2.07. The average Bonchev–Trinajstić information content (AvgIpc) is 3.44. The molecule has 3 rings (SSSR count). The zero-order chi connectivity index (χ0) is 24.2. The van der Waals surface area contributed by atoms with E-state index in [1.807, 2.05) is 49.5 Å². The van der Waals surface area contributed by atoms with Gasteiger partial charge in [-0.25, -0.2) is 0 Å². The Hall–Kier alpha value is -3.52. The van der Waals surface area contributed by atoms with Crippen molar-refractivity contribution in [3.05, 3.63) is 76.4 Å². The Morgan fingerprint density at radius 3 is 2.71 bits per heavy atom. The number of nitrogens with one attached hydrogen (secondary N) is 2. The summed E-state index contributed by atoms with van der Waals surface area (Å²) in [4.78, 5) is 24.3. The van der Waals surface area contributed by atoms with E-state index in [9.17, 15) is 9.59 Å². The zero-order valence-corrected chi connectivity index (χ0v) is 20.3. The number of carbonyl (C=O) groups excluding carboxylic acids is 2. The molecule has 0 aliphatic rings. The van der Waals surface area contributed by atoms with Crippen molar-refractivity contribution in [1.29, 1.82) is 0 Å². The number of carbonyl (C=O) groups is 2. The molecule has 0 radical (unpaired) electrons. The van der Waals surface area contributed by atoms with Gasteiger partial charge in [0.05, 0.1) is 6.42 Å².